The summed E-state index contributed by atoms with van der Waals surface area (Å²) in [6, 6.07) is 14.7. The highest BCUT2D eigenvalue weighted by Crippen LogP contribution is 2.24. The molecule has 0 bridgehead atoms. The molecule has 2 aliphatic heterocycles. The highest BCUT2D eigenvalue weighted by atomic mass is 16.5. The minimum atomic E-state index is -0.612. The fourth-order valence-electron chi connectivity index (χ4n) is 3.97. The SMILES string of the molecule is COc1ccc(C[C@@H]2NC(=O)[C@@H]3C[C@H](NC(=O)Nc4ccccc4)CN3C2=O)cc1. The van der Waals surface area contributed by atoms with Crippen LogP contribution in [-0.2, 0) is 16.0 Å². The van der Waals surface area contributed by atoms with Crippen molar-refractivity contribution in [2.45, 2.75) is 31.0 Å². The Hall–Kier alpha value is -3.55. The van der Waals surface area contributed by atoms with E-state index in [1.54, 1.807) is 24.1 Å². The highest BCUT2D eigenvalue weighted by molar-refractivity contribution is 5.98. The molecule has 8 heteroatoms. The van der Waals surface area contributed by atoms with Crippen molar-refractivity contribution in [2.24, 2.45) is 0 Å². The summed E-state index contributed by atoms with van der Waals surface area (Å²) in [4.78, 5) is 39.4. The van der Waals surface area contributed by atoms with Crippen LogP contribution in [0, 0.1) is 0 Å². The normalized spacial score (nSPS) is 22.8. The van der Waals surface area contributed by atoms with Gasteiger partial charge in [-0.15, -0.1) is 0 Å². The van der Waals surface area contributed by atoms with Gasteiger partial charge in [0, 0.05) is 18.7 Å². The van der Waals surface area contributed by atoms with E-state index >= 15 is 0 Å². The van der Waals surface area contributed by atoms with E-state index < -0.39 is 12.1 Å². The number of methoxy groups -OCH3 is 1. The molecule has 4 amide bonds. The topological polar surface area (TPSA) is 99.8 Å². The van der Waals surface area contributed by atoms with Crippen LogP contribution < -0.4 is 20.7 Å². The van der Waals surface area contributed by atoms with Crippen LogP contribution in [0.5, 0.6) is 5.75 Å². The van der Waals surface area contributed by atoms with E-state index in [9.17, 15) is 14.4 Å². The molecule has 8 nitrogen and oxygen atoms in total. The van der Waals surface area contributed by atoms with Gasteiger partial charge in [-0.05, 0) is 36.2 Å². The second-order valence-electron chi connectivity index (χ2n) is 7.52. The van der Waals surface area contributed by atoms with Gasteiger partial charge in [-0.25, -0.2) is 4.79 Å². The number of ether oxygens (including phenoxy) is 1. The lowest BCUT2D eigenvalue weighted by Gasteiger charge is -2.34. The number of para-hydroxylation sites is 1. The van der Waals surface area contributed by atoms with Gasteiger partial charge >= 0.3 is 6.03 Å². The smallest absolute Gasteiger partial charge is 0.319 e. The number of rotatable bonds is 5. The Bertz CT molecular complexity index is 932. The van der Waals surface area contributed by atoms with Crippen LogP contribution in [0.3, 0.4) is 0 Å². The number of piperazine rings is 1. The van der Waals surface area contributed by atoms with Gasteiger partial charge in [0.1, 0.15) is 17.8 Å². The number of nitrogens with zero attached hydrogens (tertiary/aromatic N) is 1. The number of nitrogens with one attached hydrogen (secondary N) is 3. The fraction of sp³-hybridized carbons (Fsp3) is 0.318. The van der Waals surface area contributed by atoms with E-state index in [0.29, 0.717) is 25.1 Å². The zero-order chi connectivity index (χ0) is 21.1. The largest absolute Gasteiger partial charge is 0.497 e. The van der Waals surface area contributed by atoms with Crippen LogP contribution in [0.15, 0.2) is 54.6 Å². The van der Waals surface area contributed by atoms with Gasteiger partial charge in [0.05, 0.1) is 13.2 Å². The third kappa shape index (κ3) is 4.22. The molecule has 30 heavy (non-hydrogen) atoms. The van der Waals surface area contributed by atoms with Crippen molar-refractivity contribution < 1.29 is 19.1 Å². The Morgan fingerprint density at radius 1 is 1.13 bits per heavy atom. The molecular weight excluding hydrogens is 384 g/mol. The zero-order valence-corrected chi connectivity index (χ0v) is 16.6. The molecule has 3 N–H and O–H groups in total. The molecule has 0 aliphatic carbocycles. The first-order chi connectivity index (χ1) is 14.5. The van der Waals surface area contributed by atoms with Gasteiger partial charge in [0.2, 0.25) is 11.8 Å². The Labute approximate surface area is 174 Å². The molecule has 3 atom stereocenters. The van der Waals surface area contributed by atoms with Crippen LogP contribution in [-0.4, -0.2) is 54.5 Å². The highest BCUT2D eigenvalue weighted by Gasteiger charge is 2.46. The summed E-state index contributed by atoms with van der Waals surface area (Å²) in [7, 11) is 1.60. The first kappa shape index (κ1) is 19.8. The summed E-state index contributed by atoms with van der Waals surface area (Å²) in [5.74, 6) is 0.434. The predicted octanol–water partition coefficient (Wildman–Crippen LogP) is 1.53. The van der Waals surface area contributed by atoms with E-state index in [2.05, 4.69) is 16.0 Å². The molecule has 0 spiro atoms. The summed E-state index contributed by atoms with van der Waals surface area (Å²) in [6.45, 7) is 0.318. The quantitative estimate of drug-likeness (QED) is 0.699. The maximum Gasteiger partial charge on any atom is 0.319 e. The van der Waals surface area contributed by atoms with Crippen molar-refractivity contribution in [3.8, 4) is 5.75 Å². The number of anilines is 1. The van der Waals surface area contributed by atoms with E-state index in [-0.39, 0.29) is 23.9 Å². The summed E-state index contributed by atoms with van der Waals surface area (Å²) in [6.07, 6.45) is 0.805. The first-order valence-corrected chi connectivity index (χ1v) is 9.90. The van der Waals surface area contributed by atoms with Crippen molar-refractivity contribution >= 4 is 23.5 Å². The lowest BCUT2D eigenvalue weighted by atomic mass is 10.0. The van der Waals surface area contributed by atoms with Crippen molar-refractivity contribution in [3.05, 3.63) is 60.2 Å². The summed E-state index contributed by atoms with van der Waals surface area (Å²) >= 11 is 0. The summed E-state index contributed by atoms with van der Waals surface area (Å²) in [5.41, 5.74) is 1.61. The molecule has 2 aromatic carbocycles. The second-order valence-corrected chi connectivity index (χ2v) is 7.52. The lowest BCUT2D eigenvalue weighted by molar-refractivity contribution is -0.147. The monoisotopic (exact) mass is 408 g/mol. The van der Waals surface area contributed by atoms with Crippen LogP contribution in [0.2, 0.25) is 0 Å². The number of amides is 4. The minimum Gasteiger partial charge on any atom is -0.497 e. The number of carbonyl (C=O) groups excluding carboxylic acids is 3. The molecule has 156 valence electrons. The average Bonchev–Trinajstić information content (AvgIpc) is 3.17. The third-order valence-electron chi connectivity index (χ3n) is 5.47. The van der Waals surface area contributed by atoms with Gasteiger partial charge in [-0.3, -0.25) is 9.59 Å². The van der Waals surface area contributed by atoms with E-state index in [1.165, 1.54) is 0 Å². The molecule has 2 aromatic rings. The first-order valence-electron chi connectivity index (χ1n) is 9.90. The molecule has 0 aromatic heterocycles. The Kier molecular flexibility index (Phi) is 5.56. The second kappa shape index (κ2) is 8.44. The third-order valence-corrected chi connectivity index (χ3v) is 5.47. The Balaban J connectivity index is 1.37. The molecule has 0 radical (unpaired) electrons. The van der Waals surface area contributed by atoms with E-state index in [4.69, 9.17) is 4.74 Å². The Morgan fingerprint density at radius 2 is 1.87 bits per heavy atom. The molecule has 0 saturated carbocycles. The van der Waals surface area contributed by atoms with E-state index in [0.717, 1.165) is 11.3 Å². The maximum absolute atomic E-state index is 13.0. The van der Waals surface area contributed by atoms with Crippen LogP contribution in [0.4, 0.5) is 10.5 Å². The van der Waals surface area contributed by atoms with Gasteiger partial charge in [0.25, 0.3) is 0 Å². The predicted molar refractivity (Wildman–Crippen MR) is 111 cm³/mol. The van der Waals surface area contributed by atoms with Gasteiger partial charge in [0.15, 0.2) is 0 Å². The maximum atomic E-state index is 13.0. The molecule has 2 aliphatic rings. The molecule has 2 fully saturated rings. The number of carbonyl (C=O) groups is 3. The van der Waals surface area contributed by atoms with Crippen LogP contribution in [0.25, 0.3) is 0 Å². The van der Waals surface area contributed by atoms with Crippen molar-refractivity contribution in [2.75, 3.05) is 19.0 Å². The number of hydrogen-bond acceptors (Lipinski definition) is 4. The molecule has 4 rings (SSSR count). The number of fused-ring (bicyclic) bond motifs is 1. The molecule has 2 heterocycles. The van der Waals surface area contributed by atoms with Crippen LogP contribution >= 0.6 is 0 Å². The Morgan fingerprint density at radius 3 is 2.57 bits per heavy atom. The lowest BCUT2D eigenvalue weighted by Crippen LogP contribution is -2.61. The molecular formula is C22H24N4O4. The van der Waals surface area contributed by atoms with Crippen molar-refractivity contribution in [1.82, 2.24) is 15.5 Å². The van der Waals surface area contributed by atoms with Gasteiger partial charge < -0.3 is 25.6 Å². The van der Waals surface area contributed by atoms with Gasteiger partial charge in [-0.1, -0.05) is 30.3 Å². The summed E-state index contributed by atoms with van der Waals surface area (Å²) in [5, 5.41) is 8.46. The molecule has 0 unspecified atom stereocenters. The number of benzene rings is 2. The number of hydrogen-bond donors (Lipinski definition) is 3. The minimum absolute atomic E-state index is 0.122. The molecule has 2 saturated heterocycles. The fourth-order valence-corrected chi connectivity index (χ4v) is 3.97. The average molecular weight is 408 g/mol. The summed E-state index contributed by atoms with van der Waals surface area (Å²) < 4.78 is 5.15. The zero-order valence-electron chi connectivity index (χ0n) is 16.6. The number of urea groups is 1. The van der Waals surface area contributed by atoms with Gasteiger partial charge in [-0.2, -0.15) is 0 Å². The van der Waals surface area contributed by atoms with Crippen molar-refractivity contribution in [3.63, 3.8) is 0 Å². The standard InChI is InChI=1S/C22H24N4O4/c1-30-17-9-7-14(8-10-17)11-18-21(28)26-13-16(12-19(26)20(27)25-18)24-22(29)23-15-5-3-2-4-6-15/h2-10,16,18-19H,11-13H2,1H3,(H,25,27)(H2,23,24,29)/t16-,18-,19-/m0/s1. The van der Waals surface area contributed by atoms with E-state index in [1.807, 2.05) is 42.5 Å². The van der Waals surface area contributed by atoms with Crippen molar-refractivity contribution in [1.29, 1.82) is 0 Å². The van der Waals surface area contributed by atoms with Crippen LogP contribution in [0.1, 0.15) is 12.0 Å².